The van der Waals surface area contributed by atoms with Gasteiger partial charge in [0.2, 0.25) is 0 Å². The second-order valence-electron chi connectivity index (χ2n) is 5.31. The topological polar surface area (TPSA) is 45.5 Å². The lowest BCUT2D eigenvalue weighted by Crippen LogP contribution is -2.33. The number of nitrogens with zero attached hydrogens (tertiary/aromatic N) is 2. The van der Waals surface area contributed by atoms with Gasteiger partial charge in [-0.15, -0.1) is 0 Å². The molecule has 5 heteroatoms. The zero-order valence-electron chi connectivity index (χ0n) is 11.2. The van der Waals surface area contributed by atoms with Crippen LogP contribution >= 0.6 is 11.8 Å². The van der Waals surface area contributed by atoms with Crippen molar-refractivity contribution in [3.63, 3.8) is 0 Å². The van der Waals surface area contributed by atoms with E-state index in [0.717, 1.165) is 12.5 Å². The molecule has 0 bridgehead atoms. The van der Waals surface area contributed by atoms with E-state index in [1.54, 1.807) is 28.6 Å². The molecule has 1 N–H and O–H groups in total. The summed E-state index contributed by atoms with van der Waals surface area (Å²) in [5.74, 6) is 0.802. The Morgan fingerprint density at radius 3 is 2.79 bits per heavy atom. The van der Waals surface area contributed by atoms with E-state index in [2.05, 4.69) is 18.7 Å². The lowest BCUT2D eigenvalue weighted by molar-refractivity contribution is 0.261. The van der Waals surface area contributed by atoms with Crippen molar-refractivity contribution in [1.29, 1.82) is 0 Å². The predicted octanol–water partition coefficient (Wildman–Crippen LogP) is 2.72. The zero-order valence-corrected chi connectivity index (χ0v) is 12.0. The fourth-order valence-electron chi connectivity index (χ4n) is 2.35. The maximum absolute atomic E-state index is 12.0. The lowest BCUT2D eigenvalue weighted by Gasteiger charge is -2.29. The van der Waals surface area contributed by atoms with Gasteiger partial charge in [-0.05, 0) is 38.7 Å². The Balaban J connectivity index is 1.92. The minimum atomic E-state index is -0.152. The number of pyridine rings is 1. The van der Waals surface area contributed by atoms with Crippen molar-refractivity contribution in [2.45, 2.75) is 32.2 Å². The molecule has 0 radical (unpaired) electrons. The fraction of sp³-hybridized carbons (Fsp3) is 0.500. The largest absolute Gasteiger partial charge is 0.508 e. The van der Waals surface area contributed by atoms with Gasteiger partial charge in [-0.2, -0.15) is 0 Å². The number of rotatable bonds is 3. The summed E-state index contributed by atoms with van der Waals surface area (Å²) in [7, 11) is 0. The number of thioether (sulfide) groups is 1. The molecule has 1 aliphatic carbocycles. The number of hydrogen-bond donors (Lipinski definition) is 1. The van der Waals surface area contributed by atoms with Crippen LogP contribution in [0.25, 0.3) is 0 Å². The van der Waals surface area contributed by atoms with E-state index in [1.807, 2.05) is 0 Å². The molecule has 0 spiro atoms. The van der Waals surface area contributed by atoms with E-state index in [9.17, 15) is 9.90 Å². The Hall–Kier alpha value is -1.36. The van der Waals surface area contributed by atoms with Gasteiger partial charge in [-0.25, -0.2) is 0 Å². The molecule has 4 nitrogen and oxygen atoms in total. The minimum Gasteiger partial charge on any atom is -0.508 e. The molecule has 1 aromatic rings. The summed E-state index contributed by atoms with van der Waals surface area (Å²) in [4.78, 5) is 15.6. The Bertz CT molecular complexity index is 589. The van der Waals surface area contributed by atoms with Gasteiger partial charge >= 0.3 is 0 Å². The summed E-state index contributed by atoms with van der Waals surface area (Å²) in [6.07, 6.45) is 4.27. The molecule has 1 fully saturated rings. The first-order valence-corrected chi connectivity index (χ1v) is 7.46. The highest BCUT2D eigenvalue weighted by Gasteiger charge is 2.34. The van der Waals surface area contributed by atoms with Crippen molar-refractivity contribution >= 4 is 11.8 Å². The Kier molecular flexibility index (Phi) is 3.09. The summed E-state index contributed by atoms with van der Waals surface area (Å²) in [6.45, 7) is 5.25. The maximum atomic E-state index is 12.0. The fourth-order valence-corrected chi connectivity index (χ4v) is 3.61. The van der Waals surface area contributed by atoms with Gasteiger partial charge in [-0.3, -0.25) is 9.36 Å². The molecule has 1 unspecified atom stereocenters. The van der Waals surface area contributed by atoms with Crippen molar-refractivity contribution in [2.75, 3.05) is 6.54 Å². The van der Waals surface area contributed by atoms with Gasteiger partial charge in [0.15, 0.2) is 5.50 Å². The minimum absolute atomic E-state index is 0.00583. The highest BCUT2D eigenvalue weighted by atomic mass is 32.2. The maximum Gasteiger partial charge on any atom is 0.256 e. The van der Waals surface area contributed by atoms with Crippen molar-refractivity contribution in [2.24, 2.45) is 5.92 Å². The molecule has 0 saturated heterocycles. The van der Waals surface area contributed by atoms with Gasteiger partial charge in [-0.1, -0.05) is 11.8 Å². The zero-order chi connectivity index (χ0) is 13.6. The third-order valence-electron chi connectivity index (χ3n) is 3.81. The number of aromatic hydroxyl groups is 1. The summed E-state index contributed by atoms with van der Waals surface area (Å²) >= 11 is 1.71. The molecule has 1 aliphatic heterocycles. The molecule has 1 saturated carbocycles. The number of hydrogen-bond acceptors (Lipinski definition) is 4. The Morgan fingerprint density at radius 2 is 2.16 bits per heavy atom. The van der Waals surface area contributed by atoms with Crippen LogP contribution in [0.3, 0.4) is 0 Å². The van der Waals surface area contributed by atoms with E-state index in [-0.39, 0.29) is 16.8 Å². The molecular formula is C14H18N2O2S. The smallest absolute Gasteiger partial charge is 0.256 e. The van der Waals surface area contributed by atoms with Crippen LogP contribution in [0.15, 0.2) is 33.7 Å². The summed E-state index contributed by atoms with van der Waals surface area (Å²) in [5, 5.41) is 9.36. The van der Waals surface area contributed by atoms with Crippen LogP contribution in [0.4, 0.5) is 0 Å². The predicted molar refractivity (Wildman–Crippen MR) is 76.8 cm³/mol. The van der Waals surface area contributed by atoms with E-state index >= 15 is 0 Å². The average Bonchev–Trinajstić information content (AvgIpc) is 3.12. The molecule has 102 valence electrons. The molecule has 0 amide bonds. The van der Waals surface area contributed by atoms with Crippen LogP contribution in [0, 0.1) is 5.92 Å². The third kappa shape index (κ3) is 2.39. The van der Waals surface area contributed by atoms with Crippen LogP contribution in [0.1, 0.15) is 32.2 Å². The van der Waals surface area contributed by atoms with Crippen LogP contribution in [-0.2, 0) is 0 Å². The van der Waals surface area contributed by atoms with Crippen LogP contribution in [-0.4, -0.2) is 21.1 Å². The van der Waals surface area contributed by atoms with E-state index in [1.165, 1.54) is 29.5 Å². The lowest BCUT2D eigenvalue weighted by atomic mass is 10.3. The second-order valence-corrected chi connectivity index (χ2v) is 6.58. The first kappa shape index (κ1) is 12.7. The normalized spacial score (nSPS) is 23.3. The van der Waals surface area contributed by atoms with E-state index in [0.29, 0.717) is 0 Å². The van der Waals surface area contributed by atoms with Crippen LogP contribution in [0.5, 0.6) is 5.75 Å². The van der Waals surface area contributed by atoms with Gasteiger partial charge in [0.1, 0.15) is 5.75 Å². The molecule has 1 aromatic heterocycles. The van der Waals surface area contributed by atoms with Gasteiger partial charge < -0.3 is 10.0 Å². The van der Waals surface area contributed by atoms with Gasteiger partial charge in [0.05, 0.1) is 0 Å². The first-order valence-electron chi connectivity index (χ1n) is 6.58. The Morgan fingerprint density at radius 1 is 1.42 bits per heavy atom. The standard InChI is InChI=1S/C14H18N2O2S/c1-9-10(2)19-14(16(9)8-11-3-4-11)15-6-5-12(17)7-13(15)18/h5-7,11,14,17H,3-4,8H2,1-2H3. The van der Waals surface area contributed by atoms with Crippen LogP contribution < -0.4 is 5.56 Å². The first-order chi connectivity index (χ1) is 9.06. The van der Waals surface area contributed by atoms with Gasteiger partial charge in [0, 0.05) is 29.4 Å². The van der Waals surface area contributed by atoms with Crippen molar-refractivity contribution in [3.05, 3.63) is 39.3 Å². The highest BCUT2D eigenvalue weighted by Crippen LogP contribution is 2.46. The molecule has 3 rings (SSSR count). The molecule has 2 aliphatic rings. The molecule has 1 atom stereocenters. The van der Waals surface area contributed by atoms with Crippen LogP contribution in [0.2, 0.25) is 0 Å². The average molecular weight is 278 g/mol. The highest BCUT2D eigenvalue weighted by molar-refractivity contribution is 8.03. The molecule has 19 heavy (non-hydrogen) atoms. The van der Waals surface area contributed by atoms with Crippen molar-refractivity contribution < 1.29 is 5.11 Å². The second kappa shape index (κ2) is 4.63. The number of allylic oxidation sites excluding steroid dienone is 2. The van der Waals surface area contributed by atoms with Gasteiger partial charge in [0.25, 0.3) is 5.56 Å². The summed E-state index contributed by atoms with van der Waals surface area (Å²) in [6, 6.07) is 2.85. The quantitative estimate of drug-likeness (QED) is 0.923. The third-order valence-corrected chi connectivity index (χ3v) is 5.15. The SMILES string of the molecule is CC1=C(C)N(CC2CC2)C(n2ccc(O)cc2=O)S1. The number of aromatic nitrogens is 1. The molecule has 2 heterocycles. The summed E-state index contributed by atoms with van der Waals surface area (Å²) < 4.78 is 1.70. The summed E-state index contributed by atoms with van der Waals surface area (Å²) in [5.41, 5.74) is 1.11. The van der Waals surface area contributed by atoms with Crippen molar-refractivity contribution in [1.82, 2.24) is 9.47 Å². The van der Waals surface area contributed by atoms with Crippen molar-refractivity contribution in [3.8, 4) is 5.75 Å². The molecule has 0 aromatic carbocycles. The molecular weight excluding hydrogens is 260 g/mol. The Labute approximate surface area is 116 Å². The monoisotopic (exact) mass is 278 g/mol. The van der Waals surface area contributed by atoms with E-state index < -0.39 is 0 Å². The van der Waals surface area contributed by atoms with E-state index in [4.69, 9.17) is 0 Å².